The van der Waals surface area contributed by atoms with E-state index in [0.717, 1.165) is 15.6 Å². The maximum Gasteiger partial charge on any atom is 0.322 e. The van der Waals surface area contributed by atoms with Crippen molar-refractivity contribution in [2.75, 3.05) is 16.8 Å². The first kappa shape index (κ1) is 18.6. The average Bonchev–Trinajstić information content (AvgIpc) is 3.35. The molecular weight excluding hydrogens is 402 g/mol. The van der Waals surface area contributed by atoms with Crippen LogP contribution in [0, 0.1) is 19.8 Å². The lowest BCUT2D eigenvalue weighted by Crippen LogP contribution is -2.28. The van der Waals surface area contributed by atoms with Crippen LogP contribution in [0.15, 0.2) is 28.7 Å². The molecule has 8 nitrogen and oxygen atoms in total. The molecule has 0 radical (unpaired) electrons. The summed E-state index contributed by atoms with van der Waals surface area (Å²) in [4.78, 5) is 31.5. The van der Waals surface area contributed by atoms with E-state index in [2.05, 4.69) is 20.5 Å². The molecule has 1 unspecified atom stereocenters. The fraction of sp³-hybridized carbons (Fsp3) is 0.278. The van der Waals surface area contributed by atoms with E-state index in [1.165, 1.54) is 11.3 Å². The van der Waals surface area contributed by atoms with Gasteiger partial charge >= 0.3 is 6.01 Å². The summed E-state index contributed by atoms with van der Waals surface area (Å²) in [6.07, 6.45) is 0.114. The van der Waals surface area contributed by atoms with Gasteiger partial charge in [-0.3, -0.25) is 14.9 Å². The second kappa shape index (κ2) is 7.33. The number of amides is 2. The topological polar surface area (TPSA) is 101 Å². The summed E-state index contributed by atoms with van der Waals surface area (Å²) in [5, 5.41) is 11.9. The largest absolute Gasteiger partial charge is 0.402 e. The third kappa shape index (κ3) is 3.63. The normalized spacial score (nSPS) is 16.6. The minimum Gasteiger partial charge on any atom is -0.402 e. The molecule has 0 aliphatic carbocycles. The van der Waals surface area contributed by atoms with Gasteiger partial charge < -0.3 is 9.32 Å². The van der Waals surface area contributed by atoms with E-state index in [4.69, 9.17) is 16.0 Å². The number of nitrogens with zero attached hydrogens (tertiary/aromatic N) is 4. The van der Waals surface area contributed by atoms with Gasteiger partial charge in [-0.2, -0.15) is 0 Å². The van der Waals surface area contributed by atoms with Gasteiger partial charge in [-0.15, -0.1) is 16.4 Å². The number of halogens is 1. The first-order chi connectivity index (χ1) is 13.4. The second-order valence-corrected chi connectivity index (χ2v) is 8.07. The van der Waals surface area contributed by atoms with E-state index in [0.29, 0.717) is 16.6 Å². The van der Waals surface area contributed by atoms with Gasteiger partial charge in [0.05, 0.1) is 16.6 Å². The molecule has 1 aliphatic rings. The molecule has 1 aromatic carbocycles. The number of aryl methyl sites for hydroxylation is 2. The SMILES string of the molecule is Cc1nc(C)c(-c2nnc(NC(=O)C3CC(=O)N(c4ccc(Cl)cc4)C3)o2)s1. The lowest BCUT2D eigenvalue weighted by Gasteiger charge is -2.16. The van der Waals surface area contributed by atoms with Gasteiger partial charge in [0.2, 0.25) is 11.8 Å². The zero-order valence-electron chi connectivity index (χ0n) is 15.1. The molecule has 28 heavy (non-hydrogen) atoms. The quantitative estimate of drug-likeness (QED) is 0.697. The summed E-state index contributed by atoms with van der Waals surface area (Å²) in [5.74, 6) is -0.656. The van der Waals surface area contributed by atoms with Crippen molar-refractivity contribution in [3.63, 3.8) is 0 Å². The van der Waals surface area contributed by atoms with Gasteiger partial charge in [0, 0.05) is 23.7 Å². The first-order valence-corrected chi connectivity index (χ1v) is 9.75. The van der Waals surface area contributed by atoms with Crippen molar-refractivity contribution in [2.45, 2.75) is 20.3 Å². The van der Waals surface area contributed by atoms with Gasteiger partial charge in [-0.25, -0.2) is 4.98 Å². The van der Waals surface area contributed by atoms with E-state index >= 15 is 0 Å². The van der Waals surface area contributed by atoms with Crippen LogP contribution in [0.4, 0.5) is 11.7 Å². The molecule has 2 aromatic heterocycles. The summed E-state index contributed by atoms with van der Waals surface area (Å²) in [6, 6.07) is 6.93. The predicted molar refractivity (Wildman–Crippen MR) is 105 cm³/mol. The molecule has 10 heteroatoms. The third-order valence-electron chi connectivity index (χ3n) is 4.39. The van der Waals surface area contributed by atoms with Gasteiger partial charge in [-0.05, 0) is 38.1 Å². The number of carbonyl (C=O) groups is 2. The van der Waals surface area contributed by atoms with Crippen molar-refractivity contribution < 1.29 is 14.0 Å². The maximum absolute atomic E-state index is 12.6. The fourth-order valence-electron chi connectivity index (χ4n) is 3.06. The highest BCUT2D eigenvalue weighted by molar-refractivity contribution is 7.15. The smallest absolute Gasteiger partial charge is 0.322 e. The van der Waals surface area contributed by atoms with Crippen molar-refractivity contribution in [1.29, 1.82) is 0 Å². The highest BCUT2D eigenvalue weighted by Crippen LogP contribution is 2.30. The first-order valence-electron chi connectivity index (χ1n) is 8.55. The second-order valence-electron chi connectivity index (χ2n) is 6.43. The summed E-state index contributed by atoms with van der Waals surface area (Å²) < 4.78 is 5.55. The fourth-order valence-corrected chi connectivity index (χ4v) is 4.02. The Morgan fingerprint density at radius 1 is 1.29 bits per heavy atom. The highest BCUT2D eigenvalue weighted by atomic mass is 35.5. The number of thiazole rings is 1. The minimum atomic E-state index is -0.508. The van der Waals surface area contributed by atoms with Crippen LogP contribution in [0.2, 0.25) is 5.02 Å². The molecule has 3 heterocycles. The molecule has 3 aromatic rings. The van der Waals surface area contributed by atoms with E-state index in [1.54, 1.807) is 29.2 Å². The Bertz CT molecular complexity index is 1050. The van der Waals surface area contributed by atoms with Crippen LogP contribution >= 0.6 is 22.9 Å². The molecule has 1 aliphatic heterocycles. The molecule has 0 spiro atoms. The highest BCUT2D eigenvalue weighted by Gasteiger charge is 2.35. The van der Waals surface area contributed by atoms with Crippen molar-refractivity contribution in [3.8, 4) is 10.8 Å². The van der Waals surface area contributed by atoms with E-state index in [-0.39, 0.29) is 30.8 Å². The molecule has 0 bridgehead atoms. The summed E-state index contributed by atoms with van der Waals surface area (Å²) in [6.45, 7) is 4.03. The van der Waals surface area contributed by atoms with E-state index < -0.39 is 5.92 Å². The van der Waals surface area contributed by atoms with Crippen LogP contribution in [-0.2, 0) is 9.59 Å². The van der Waals surface area contributed by atoms with Crippen LogP contribution in [0.1, 0.15) is 17.1 Å². The monoisotopic (exact) mass is 417 g/mol. The zero-order valence-corrected chi connectivity index (χ0v) is 16.7. The summed E-state index contributed by atoms with van der Waals surface area (Å²) >= 11 is 7.33. The van der Waals surface area contributed by atoms with Crippen molar-refractivity contribution in [1.82, 2.24) is 15.2 Å². The predicted octanol–water partition coefficient (Wildman–Crippen LogP) is 3.45. The Kier molecular flexibility index (Phi) is 4.86. The zero-order chi connectivity index (χ0) is 19.8. The number of hydrogen-bond donors (Lipinski definition) is 1. The van der Waals surface area contributed by atoms with Gasteiger partial charge in [-0.1, -0.05) is 16.7 Å². The molecule has 0 saturated carbocycles. The van der Waals surface area contributed by atoms with E-state index in [9.17, 15) is 9.59 Å². The summed E-state index contributed by atoms with van der Waals surface area (Å²) in [7, 11) is 0. The molecule has 144 valence electrons. The van der Waals surface area contributed by atoms with Crippen molar-refractivity contribution >= 4 is 46.5 Å². The Morgan fingerprint density at radius 3 is 2.71 bits per heavy atom. The maximum atomic E-state index is 12.6. The number of carbonyl (C=O) groups excluding carboxylic acids is 2. The number of aromatic nitrogens is 3. The Hall–Kier alpha value is -2.78. The Morgan fingerprint density at radius 2 is 2.04 bits per heavy atom. The molecular formula is C18H16ClN5O3S. The lowest BCUT2D eigenvalue weighted by molar-refractivity contribution is -0.122. The van der Waals surface area contributed by atoms with Crippen LogP contribution in [-0.4, -0.2) is 33.5 Å². The molecule has 1 fully saturated rings. The minimum absolute atomic E-state index is 0.00263. The number of nitrogens with one attached hydrogen (secondary N) is 1. The third-order valence-corrected chi connectivity index (χ3v) is 5.70. The van der Waals surface area contributed by atoms with Gasteiger partial charge in [0.25, 0.3) is 5.89 Å². The molecule has 1 N–H and O–H groups in total. The van der Waals surface area contributed by atoms with Crippen LogP contribution in [0.25, 0.3) is 10.8 Å². The Balaban J connectivity index is 1.44. The lowest BCUT2D eigenvalue weighted by atomic mass is 10.1. The Labute approximate surface area is 169 Å². The molecule has 1 saturated heterocycles. The number of benzene rings is 1. The van der Waals surface area contributed by atoms with Crippen LogP contribution < -0.4 is 10.2 Å². The summed E-state index contributed by atoms with van der Waals surface area (Å²) in [5.41, 5.74) is 1.50. The van der Waals surface area contributed by atoms with Crippen LogP contribution in [0.3, 0.4) is 0 Å². The average molecular weight is 418 g/mol. The van der Waals surface area contributed by atoms with Gasteiger partial charge in [0.15, 0.2) is 0 Å². The number of anilines is 2. The van der Waals surface area contributed by atoms with Crippen molar-refractivity contribution in [3.05, 3.63) is 40.0 Å². The van der Waals surface area contributed by atoms with Crippen molar-refractivity contribution in [2.24, 2.45) is 5.92 Å². The molecule has 4 rings (SSSR count). The molecule has 1 atom stereocenters. The number of hydrogen-bond acceptors (Lipinski definition) is 7. The standard InChI is InChI=1S/C18H16ClN5O3S/c1-9-15(28-10(2)20-9)17-22-23-18(27-17)21-16(26)11-7-14(25)24(8-11)13-5-3-12(19)4-6-13/h3-6,11H,7-8H2,1-2H3,(H,21,23,26). The van der Waals surface area contributed by atoms with Gasteiger partial charge in [0.1, 0.15) is 4.88 Å². The molecule has 2 amide bonds. The number of rotatable bonds is 4. The van der Waals surface area contributed by atoms with E-state index in [1.807, 2.05) is 13.8 Å². The van der Waals surface area contributed by atoms with Crippen LogP contribution in [0.5, 0.6) is 0 Å².